The van der Waals surface area contributed by atoms with Crippen LogP contribution < -0.4 is 5.73 Å². The summed E-state index contributed by atoms with van der Waals surface area (Å²) < 4.78 is 0. The summed E-state index contributed by atoms with van der Waals surface area (Å²) in [5.74, 6) is 5.95. The molecule has 0 radical (unpaired) electrons. The lowest BCUT2D eigenvalue weighted by atomic mass is 10.1. The maximum atomic E-state index is 5.94. The number of rotatable bonds is 1. The standard InChI is InChI=1S/C11H12ClN/c1-9-5-6-11(12)10(8-9)4-2-3-7-13/h5-6,8H,3,7,13H2,1H3. The van der Waals surface area contributed by atoms with E-state index >= 15 is 0 Å². The van der Waals surface area contributed by atoms with Crippen LogP contribution in [0.5, 0.6) is 0 Å². The van der Waals surface area contributed by atoms with E-state index in [1.807, 2.05) is 25.1 Å². The third-order valence-corrected chi connectivity index (χ3v) is 1.94. The van der Waals surface area contributed by atoms with Crippen molar-refractivity contribution in [2.75, 3.05) is 6.54 Å². The van der Waals surface area contributed by atoms with Crippen molar-refractivity contribution in [3.05, 3.63) is 34.3 Å². The first kappa shape index (κ1) is 10.1. The van der Waals surface area contributed by atoms with Crippen molar-refractivity contribution in [2.45, 2.75) is 13.3 Å². The Labute approximate surface area is 83.9 Å². The van der Waals surface area contributed by atoms with Gasteiger partial charge in [0.15, 0.2) is 0 Å². The van der Waals surface area contributed by atoms with Gasteiger partial charge in [-0.25, -0.2) is 0 Å². The summed E-state index contributed by atoms with van der Waals surface area (Å²) in [5, 5.41) is 0.704. The molecule has 0 aliphatic heterocycles. The first-order valence-electron chi connectivity index (χ1n) is 4.19. The molecule has 0 heterocycles. The lowest BCUT2D eigenvalue weighted by Crippen LogP contribution is -1.95. The fourth-order valence-electron chi connectivity index (χ4n) is 0.965. The first-order chi connectivity index (χ1) is 6.24. The summed E-state index contributed by atoms with van der Waals surface area (Å²) in [4.78, 5) is 0. The van der Waals surface area contributed by atoms with Gasteiger partial charge in [0.25, 0.3) is 0 Å². The van der Waals surface area contributed by atoms with Gasteiger partial charge in [-0.2, -0.15) is 0 Å². The number of benzene rings is 1. The molecule has 0 amide bonds. The molecule has 1 aromatic carbocycles. The van der Waals surface area contributed by atoms with Gasteiger partial charge in [0.2, 0.25) is 0 Å². The second-order valence-electron chi connectivity index (χ2n) is 2.82. The molecule has 0 aliphatic rings. The van der Waals surface area contributed by atoms with E-state index in [1.165, 1.54) is 5.56 Å². The molecule has 0 aliphatic carbocycles. The molecule has 13 heavy (non-hydrogen) atoms. The molecule has 1 aromatic rings. The molecule has 0 saturated heterocycles. The minimum Gasteiger partial charge on any atom is -0.330 e. The Balaban J connectivity index is 2.89. The molecule has 0 atom stereocenters. The Morgan fingerprint density at radius 2 is 2.23 bits per heavy atom. The van der Waals surface area contributed by atoms with Crippen LogP contribution >= 0.6 is 11.6 Å². The van der Waals surface area contributed by atoms with Gasteiger partial charge in [0.05, 0.1) is 5.02 Å². The van der Waals surface area contributed by atoms with E-state index in [4.69, 9.17) is 17.3 Å². The normalized spacial score (nSPS) is 9.15. The second-order valence-corrected chi connectivity index (χ2v) is 3.23. The first-order valence-corrected chi connectivity index (χ1v) is 4.57. The molecule has 0 bridgehead atoms. The van der Waals surface area contributed by atoms with Crippen molar-refractivity contribution in [1.82, 2.24) is 0 Å². The summed E-state index contributed by atoms with van der Waals surface area (Å²) in [5.41, 5.74) is 7.38. The number of hydrogen-bond acceptors (Lipinski definition) is 1. The predicted octanol–water partition coefficient (Wildman–Crippen LogP) is 2.35. The van der Waals surface area contributed by atoms with E-state index < -0.39 is 0 Å². The molecular weight excluding hydrogens is 182 g/mol. The molecule has 0 spiro atoms. The molecule has 68 valence electrons. The van der Waals surface area contributed by atoms with Crippen LogP contribution in [0.15, 0.2) is 18.2 Å². The number of hydrogen-bond donors (Lipinski definition) is 1. The highest BCUT2D eigenvalue weighted by Gasteiger charge is 1.95. The molecule has 0 fully saturated rings. The Morgan fingerprint density at radius 3 is 2.92 bits per heavy atom. The zero-order chi connectivity index (χ0) is 9.68. The van der Waals surface area contributed by atoms with Gasteiger partial charge in [-0.3, -0.25) is 0 Å². The van der Waals surface area contributed by atoms with Gasteiger partial charge in [-0.15, -0.1) is 0 Å². The van der Waals surface area contributed by atoms with Gasteiger partial charge in [0.1, 0.15) is 0 Å². The molecule has 0 unspecified atom stereocenters. The molecule has 0 saturated carbocycles. The monoisotopic (exact) mass is 193 g/mol. The summed E-state index contributed by atoms with van der Waals surface area (Å²) in [6, 6.07) is 5.81. The third-order valence-electron chi connectivity index (χ3n) is 1.61. The summed E-state index contributed by atoms with van der Waals surface area (Å²) in [7, 11) is 0. The van der Waals surface area contributed by atoms with Crippen LogP contribution in [0.25, 0.3) is 0 Å². The fraction of sp³-hybridized carbons (Fsp3) is 0.273. The molecule has 1 nitrogen and oxygen atoms in total. The number of aryl methyl sites for hydroxylation is 1. The fourth-order valence-corrected chi connectivity index (χ4v) is 1.13. The van der Waals surface area contributed by atoms with Gasteiger partial charge in [-0.05, 0) is 24.6 Å². The Kier molecular flexibility index (Phi) is 3.82. The Morgan fingerprint density at radius 1 is 1.46 bits per heavy atom. The van der Waals surface area contributed by atoms with Crippen LogP contribution in [0.1, 0.15) is 17.5 Å². The highest BCUT2D eigenvalue weighted by atomic mass is 35.5. The van der Waals surface area contributed by atoms with Crippen molar-refractivity contribution in [3.63, 3.8) is 0 Å². The Hall–Kier alpha value is -0.970. The summed E-state index contributed by atoms with van der Waals surface area (Å²) in [6.07, 6.45) is 0.713. The van der Waals surface area contributed by atoms with Crippen LogP contribution in [0.4, 0.5) is 0 Å². The van der Waals surface area contributed by atoms with E-state index in [0.29, 0.717) is 18.0 Å². The maximum Gasteiger partial charge on any atom is 0.0562 e. The summed E-state index contributed by atoms with van der Waals surface area (Å²) in [6.45, 7) is 2.61. The van der Waals surface area contributed by atoms with Gasteiger partial charge >= 0.3 is 0 Å². The van der Waals surface area contributed by atoms with Crippen LogP contribution in [-0.4, -0.2) is 6.54 Å². The maximum absolute atomic E-state index is 5.94. The molecule has 2 heteroatoms. The SMILES string of the molecule is Cc1ccc(Cl)c(C#CCCN)c1. The Bertz CT molecular complexity index is 347. The topological polar surface area (TPSA) is 26.0 Å². The second kappa shape index (κ2) is 4.91. The average Bonchev–Trinajstić information content (AvgIpc) is 2.11. The highest BCUT2D eigenvalue weighted by molar-refractivity contribution is 6.31. The van der Waals surface area contributed by atoms with Crippen molar-refractivity contribution in [2.24, 2.45) is 5.73 Å². The van der Waals surface area contributed by atoms with E-state index in [-0.39, 0.29) is 0 Å². The van der Waals surface area contributed by atoms with Crippen molar-refractivity contribution in [3.8, 4) is 11.8 Å². The third kappa shape index (κ3) is 3.10. The van der Waals surface area contributed by atoms with E-state index in [1.54, 1.807) is 0 Å². The van der Waals surface area contributed by atoms with Crippen LogP contribution in [-0.2, 0) is 0 Å². The average molecular weight is 194 g/mol. The molecule has 1 rings (SSSR count). The molecule has 2 N–H and O–H groups in total. The smallest absolute Gasteiger partial charge is 0.0562 e. The van der Waals surface area contributed by atoms with Crippen LogP contribution in [0.3, 0.4) is 0 Å². The zero-order valence-electron chi connectivity index (χ0n) is 7.60. The van der Waals surface area contributed by atoms with Crippen molar-refractivity contribution < 1.29 is 0 Å². The highest BCUT2D eigenvalue weighted by Crippen LogP contribution is 2.15. The predicted molar refractivity (Wildman–Crippen MR) is 56.7 cm³/mol. The van der Waals surface area contributed by atoms with Crippen molar-refractivity contribution in [1.29, 1.82) is 0 Å². The number of halogens is 1. The zero-order valence-corrected chi connectivity index (χ0v) is 8.36. The minimum absolute atomic E-state index is 0.594. The van der Waals surface area contributed by atoms with Gasteiger partial charge in [-0.1, -0.05) is 29.5 Å². The largest absolute Gasteiger partial charge is 0.330 e. The van der Waals surface area contributed by atoms with Crippen LogP contribution in [0, 0.1) is 18.8 Å². The van der Waals surface area contributed by atoms with E-state index in [9.17, 15) is 0 Å². The van der Waals surface area contributed by atoms with Gasteiger partial charge in [0, 0.05) is 18.5 Å². The minimum atomic E-state index is 0.594. The lowest BCUT2D eigenvalue weighted by Gasteiger charge is -1.96. The van der Waals surface area contributed by atoms with Crippen LogP contribution in [0.2, 0.25) is 5.02 Å². The summed E-state index contributed by atoms with van der Waals surface area (Å²) >= 11 is 5.94. The van der Waals surface area contributed by atoms with Gasteiger partial charge < -0.3 is 5.73 Å². The quantitative estimate of drug-likeness (QED) is 0.681. The molecular formula is C11H12ClN. The number of nitrogens with two attached hydrogens (primary N) is 1. The van der Waals surface area contributed by atoms with E-state index in [2.05, 4.69) is 11.8 Å². The van der Waals surface area contributed by atoms with E-state index in [0.717, 1.165) is 5.56 Å². The van der Waals surface area contributed by atoms with Crippen molar-refractivity contribution >= 4 is 11.6 Å². The lowest BCUT2D eigenvalue weighted by molar-refractivity contribution is 1.03. The molecule has 0 aromatic heterocycles.